The van der Waals surface area contributed by atoms with Gasteiger partial charge >= 0.3 is 70.6 Å². The molecule has 1 saturated carbocycles. The maximum absolute atomic E-state index is 3.81. The van der Waals surface area contributed by atoms with E-state index < -0.39 is 0 Å². The summed E-state index contributed by atoms with van der Waals surface area (Å²) in [5.74, 6) is 1.99. The summed E-state index contributed by atoms with van der Waals surface area (Å²) in [6, 6.07) is 0. The molecule has 0 aromatic rings. The first-order chi connectivity index (χ1) is 5.36. The molecule has 2 atom stereocenters. The molecule has 1 aliphatic carbocycles. The zero-order valence-corrected chi connectivity index (χ0v) is 7.68. The Labute approximate surface area is 71.3 Å². The minimum atomic E-state index is 0.964. The second-order valence-electron chi connectivity index (χ2n) is 3.83. The van der Waals surface area contributed by atoms with Crippen molar-refractivity contribution in [1.82, 2.24) is 0 Å². The number of hydrogen-bond acceptors (Lipinski definition) is 0. The van der Waals surface area contributed by atoms with Crippen LogP contribution in [0.3, 0.4) is 0 Å². The third-order valence-electron chi connectivity index (χ3n) is 2.97. The SMILES string of the molecule is C=BCC1CCCC(CC)C1. The van der Waals surface area contributed by atoms with Crippen molar-refractivity contribution in [2.45, 2.75) is 45.3 Å². The Balaban J connectivity index is 2.27. The Morgan fingerprint density at radius 1 is 1.36 bits per heavy atom. The van der Waals surface area contributed by atoms with E-state index in [0.29, 0.717) is 0 Å². The summed E-state index contributed by atoms with van der Waals surface area (Å²) in [7, 11) is 0. The van der Waals surface area contributed by atoms with Crippen molar-refractivity contribution in [3.8, 4) is 0 Å². The van der Waals surface area contributed by atoms with Gasteiger partial charge in [-0.2, -0.15) is 0 Å². The van der Waals surface area contributed by atoms with Crippen molar-refractivity contribution < 1.29 is 0 Å². The van der Waals surface area contributed by atoms with E-state index in [9.17, 15) is 0 Å². The van der Waals surface area contributed by atoms with Crippen LogP contribution in [0.1, 0.15) is 39.0 Å². The molecule has 11 heavy (non-hydrogen) atoms. The average molecular weight is 150 g/mol. The van der Waals surface area contributed by atoms with Gasteiger partial charge in [-0.05, 0) is 0 Å². The van der Waals surface area contributed by atoms with Crippen LogP contribution in [0.5, 0.6) is 0 Å². The second kappa shape index (κ2) is 4.74. The van der Waals surface area contributed by atoms with E-state index in [1.165, 1.54) is 38.4 Å². The van der Waals surface area contributed by atoms with Gasteiger partial charge in [-0.15, -0.1) is 0 Å². The molecule has 0 spiro atoms. The topological polar surface area (TPSA) is 0 Å². The van der Waals surface area contributed by atoms with Gasteiger partial charge in [-0.3, -0.25) is 0 Å². The number of hydrogen-bond donors (Lipinski definition) is 0. The Morgan fingerprint density at radius 3 is 2.73 bits per heavy atom. The van der Waals surface area contributed by atoms with Crippen molar-refractivity contribution in [3.63, 3.8) is 0 Å². The number of rotatable bonds is 3. The fourth-order valence-electron chi connectivity index (χ4n) is 2.22. The summed E-state index contributed by atoms with van der Waals surface area (Å²) < 4.78 is 0. The molecule has 1 heteroatoms. The first kappa shape index (κ1) is 9.03. The molecular formula is C10H19B. The monoisotopic (exact) mass is 150 g/mol. The van der Waals surface area contributed by atoms with Gasteiger partial charge in [0.15, 0.2) is 0 Å². The molecule has 62 valence electrons. The third-order valence-corrected chi connectivity index (χ3v) is 2.97. The zero-order valence-electron chi connectivity index (χ0n) is 7.68. The normalized spacial score (nSPS) is 31.4. The molecule has 1 rings (SSSR count). The molecule has 0 N–H and O–H groups in total. The summed E-state index contributed by atoms with van der Waals surface area (Å²) in [6.07, 6.45) is 8.47. The molecule has 0 nitrogen and oxygen atoms in total. The van der Waals surface area contributed by atoms with Gasteiger partial charge in [0.2, 0.25) is 0 Å². The molecule has 1 fully saturated rings. The summed E-state index contributed by atoms with van der Waals surface area (Å²) in [4.78, 5) is 0. The van der Waals surface area contributed by atoms with Crippen LogP contribution in [0.25, 0.3) is 0 Å². The van der Waals surface area contributed by atoms with E-state index in [1.807, 2.05) is 0 Å². The molecule has 0 bridgehead atoms. The molecule has 0 aromatic carbocycles. The average Bonchev–Trinajstić information content (AvgIpc) is 2.06. The fraction of sp³-hybridized carbons (Fsp3) is 0.900. The van der Waals surface area contributed by atoms with E-state index in [-0.39, 0.29) is 0 Å². The molecule has 0 aromatic heterocycles. The van der Waals surface area contributed by atoms with Crippen molar-refractivity contribution in [1.29, 1.82) is 0 Å². The van der Waals surface area contributed by atoms with Crippen LogP contribution >= 0.6 is 0 Å². The van der Waals surface area contributed by atoms with Gasteiger partial charge in [0.05, 0.1) is 0 Å². The molecule has 0 heterocycles. The van der Waals surface area contributed by atoms with Crippen molar-refractivity contribution >= 4 is 13.4 Å². The van der Waals surface area contributed by atoms with Gasteiger partial charge in [-0.1, -0.05) is 0 Å². The minimum absolute atomic E-state index is 0.964. The van der Waals surface area contributed by atoms with Crippen LogP contribution in [0.2, 0.25) is 6.32 Å². The molecule has 2 unspecified atom stereocenters. The predicted octanol–water partition coefficient (Wildman–Crippen LogP) is 2.76. The van der Waals surface area contributed by atoms with E-state index in [4.69, 9.17) is 0 Å². The fourth-order valence-corrected chi connectivity index (χ4v) is 2.22. The molecule has 0 saturated heterocycles. The van der Waals surface area contributed by atoms with E-state index in [2.05, 4.69) is 20.3 Å². The maximum atomic E-state index is 3.81. The van der Waals surface area contributed by atoms with Crippen LogP contribution in [0, 0.1) is 11.8 Å². The van der Waals surface area contributed by atoms with E-state index >= 15 is 0 Å². The van der Waals surface area contributed by atoms with Crippen LogP contribution in [0.15, 0.2) is 0 Å². The van der Waals surface area contributed by atoms with Gasteiger partial charge in [-0.25, -0.2) is 0 Å². The van der Waals surface area contributed by atoms with Crippen LogP contribution < -0.4 is 0 Å². The van der Waals surface area contributed by atoms with Crippen LogP contribution in [-0.2, 0) is 0 Å². The summed E-state index contributed by atoms with van der Waals surface area (Å²) in [5, 5.41) is 0. The molecule has 0 radical (unpaired) electrons. The second-order valence-corrected chi connectivity index (χ2v) is 3.83. The van der Waals surface area contributed by atoms with Crippen molar-refractivity contribution in [3.05, 3.63) is 0 Å². The standard InChI is InChI=1S/C10H19B/c1-3-9-5-4-6-10(7-9)8-11-2/h9-10H,2-8H2,1H3. The van der Waals surface area contributed by atoms with E-state index in [1.54, 1.807) is 0 Å². The first-order valence-electron chi connectivity index (χ1n) is 4.97. The Bertz CT molecular complexity index is 120. The quantitative estimate of drug-likeness (QED) is 0.542. The summed E-state index contributed by atoms with van der Waals surface area (Å²) in [6.45, 7) is 8.21. The Morgan fingerprint density at radius 2 is 2.09 bits per heavy atom. The van der Waals surface area contributed by atoms with Crippen LogP contribution in [0.4, 0.5) is 0 Å². The first-order valence-corrected chi connectivity index (χ1v) is 4.97. The van der Waals surface area contributed by atoms with Crippen molar-refractivity contribution in [2.24, 2.45) is 11.8 Å². The zero-order chi connectivity index (χ0) is 8.10. The van der Waals surface area contributed by atoms with Crippen molar-refractivity contribution in [2.75, 3.05) is 0 Å². The van der Waals surface area contributed by atoms with Crippen LogP contribution in [-0.4, -0.2) is 13.4 Å². The third kappa shape index (κ3) is 2.80. The summed E-state index contributed by atoms with van der Waals surface area (Å²) >= 11 is 0. The summed E-state index contributed by atoms with van der Waals surface area (Å²) in [5.41, 5.74) is 0. The molecule has 0 aliphatic heterocycles. The predicted molar refractivity (Wildman–Crippen MR) is 53.4 cm³/mol. The van der Waals surface area contributed by atoms with Gasteiger partial charge in [0, 0.05) is 0 Å². The van der Waals surface area contributed by atoms with Gasteiger partial charge in [0.25, 0.3) is 0 Å². The van der Waals surface area contributed by atoms with Gasteiger partial charge in [0.1, 0.15) is 0 Å². The Kier molecular flexibility index (Phi) is 3.89. The molecule has 1 aliphatic rings. The van der Waals surface area contributed by atoms with E-state index in [0.717, 1.165) is 11.8 Å². The molecular weight excluding hydrogens is 131 g/mol. The molecule has 0 amide bonds. The van der Waals surface area contributed by atoms with Gasteiger partial charge < -0.3 is 0 Å². The Hall–Kier alpha value is -0.0651.